The molecule has 0 aromatic carbocycles. The topological polar surface area (TPSA) is 25.8 Å². The van der Waals surface area contributed by atoms with Crippen LogP contribution in [-0.4, -0.2) is 10.2 Å². The third kappa shape index (κ3) is 2.19. The number of alkyl halides is 1. The molecule has 14 heavy (non-hydrogen) atoms. The Morgan fingerprint density at radius 2 is 2.07 bits per heavy atom. The van der Waals surface area contributed by atoms with Gasteiger partial charge in [0.05, 0.1) is 14.5 Å². The average molecular weight is 375 g/mol. The molecular formula is C7H3Br2ClN2S2. The van der Waals surface area contributed by atoms with E-state index in [1.807, 2.05) is 6.07 Å². The molecule has 2 aromatic rings. The smallest absolute Gasteiger partial charge is 0.142 e. The van der Waals surface area contributed by atoms with Crippen molar-refractivity contribution in [3.05, 3.63) is 19.3 Å². The standard InChI is InChI=1S/C7H3Br2ClN2S2/c8-3-1-4(13-6(3)9)7-12-11-5(2-10)14-7/h1H,2H2. The lowest BCUT2D eigenvalue weighted by molar-refractivity contribution is 1.04. The van der Waals surface area contributed by atoms with Crippen LogP contribution in [0.15, 0.2) is 14.3 Å². The predicted octanol–water partition coefficient (Wildman–Crippen LogP) is 4.53. The Balaban J connectivity index is 2.39. The Labute approximate surface area is 111 Å². The van der Waals surface area contributed by atoms with Crippen LogP contribution in [0.2, 0.25) is 0 Å². The van der Waals surface area contributed by atoms with Crippen LogP contribution in [0.25, 0.3) is 9.88 Å². The van der Waals surface area contributed by atoms with Gasteiger partial charge in [0.2, 0.25) is 0 Å². The average Bonchev–Trinajstić information content (AvgIpc) is 2.74. The van der Waals surface area contributed by atoms with Crippen molar-refractivity contribution in [2.75, 3.05) is 0 Å². The van der Waals surface area contributed by atoms with Crippen molar-refractivity contribution in [3.63, 3.8) is 0 Å². The first-order chi connectivity index (χ1) is 6.70. The van der Waals surface area contributed by atoms with E-state index in [2.05, 4.69) is 42.1 Å². The van der Waals surface area contributed by atoms with Crippen molar-refractivity contribution in [1.29, 1.82) is 0 Å². The first kappa shape index (κ1) is 11.0. The molecule has 0 aliphatic rings. The molecule has 0 fully saturated rings. The SMILES string of the molecule is ClCc1nnc(-c2cc(Br)c(Br)s2)s1. The van der Waals surface area contributed by atoms with E-state index in [1.54, 1.807) is 11.3 Å². The molecular weight excluding hydrogens is 371 g/mol. The fourth-order valence-corrected chi connectivity index (χ4v) is 3.84. The number of hydrogen-bond acceptors (Lipinski definition) is 4. The number of aromatic nitrogens is 2. The number of nitrogens with zero attached hydrogens (tertiary/aromatic N) is 2. The minimum absolute atomic E-state index is 0.422. The van der Waals surface area contributed by atoms with Gasteiger partial charge in [-0.1, -0.05) is 11.3 Å². The van der Waals surface area contributed by atoms with Crippen molar-refractivity contribution >= 4 is 66.1 Å². The van der Waals surface area contributed by atoms with Crippen molar-refractivity contribution in [2.45, 2.75) is 5.88 Å². The fourth-order valence-electron chi connectivity index (χ4n) is 0.859. The lowest BCUT2D eigenvalue weighted by Gasteiger charge is -1.83. The molecule has 0 aliphatic heterocycles. The van der Waals surface area contributed by atoms with Crippen LogP contribution in [0.3, 0.4) is 0 Å². The predicted molar refractivity (Wildman–Crippen MR) is 68.2 cm³/mol. The minimum Gasteiger partial charge on any atom is -0.142 e. The molecule has 2 aromatic heterocycles. The van der Waals surface area contributed by atoms with E-state index in [0.717, 1.165) is 23.2 Å². The van der Waals surface area contributed by atoms with Crippen molar-refractivity contribution in [1.82, 2.24) is 10.2 Å². The van der Waals surface area contributed by atoms with Gasteiger partial charge in [0, 0.05) is 4.47 Å². The Bertz CT molecular complexity index is 435. The van der Waals surface area contributed by atoms with E-state index in [-0.39, 0.29) is 0 Å². The molecule has 7 heteroatoms. The number of halogens is 3. The van der Waals surface area contributed by atoms with Gasteiger partial charge in [-0.25, -0.2) is 0 Å². The summed E-state index contributed by atoms with van der Waals surface area (Å²) in [5, 5.41) is 9.79. The van der Waals surface area contributed by atoms with Gasteiger partial charge in [-0.3, -0.25) is 0 Å². The number of hydrogen-bond donors (Lipinski definition) is 0. The van der Waals surface area contributed by atoms with Gasteiger partial charge < -0.3 is 0 Å². The number of thiophene rings is 1. The molecule has 2 rings (SSSR count). The molecule has 0 bridgehead atoms. The van der Waals surface area contributed by atoms with Gasteiger partial charge in [-0.05, 0) is 37.9 Å². The highest BCUT2D eigenvalue weighted by atomic mass is 79.9. The largest absolute Gasteiger partial charge is 0.157 e. The molecule has 0 saturated carbocycles. The van der Waals surface area contributed by atoms with Gasteiger partial charge in [0.15, 0.2) is 5.01 Å². The lowest BCUT2D eigenvalue weighted by Crippen LogP contribution is -1.73. The molecule has 0 N–H and O–H groups in total. The van der Waals surface area contributed by atoms with E-state index < -0.39 is 0 Å². The zero-order valence-corrected chi connectivity index (χ0v) is 12.2. The van der Waals surface area contributed by atoms with Gasteiger partial charge >= 0.3 is 0 Å². The minimum atomic E-state index is 0.422. The van der Waals surface area contributed by atoms with Crippen LogP contribution in [-0.2, 0) is 5.88 Å². The van der Waals surface area contributed by atoms with Crippen molar-refractivity contribution in [3.8, 4) is 9.88 Å². The summed E-state index contributed by atoms with van der Waals surface area (Å²) < 4.78 is 2.11. The molecule has 0 atom stereocenters. The maximum absolute atomic E-state index is 5.66. The summed E-state index contributed by atoms with van der Waals surface area (Å²) in [6, 6.07) is 2.02. The van der Waals surface area contributed by atoms with Crippen LogP contribution in [0, 0.1) is 0 Å². The zero-order chi connectivity index (χ0) is 10.1. The van der Waals surface area contributed by atoms with Crippen molar-refractivity contribution in [2.24, 2.45) is 0 Å². The second-order valence-corrected chi connectivity index (χ2v) is 6.92. The zero-order valence-electron chi connectivity index (χ0n) is 6.63. The maximum atomic E-state index is 5.66. The Morgan fingerprint density at radius 1 is 1.29 bits per heavy atom. The quantitative estimate of drug-likeness (QED) is 0.722. The highest BCUT2D eigenvalue weighted by Gasteiger charge is 2.10. The molecule has 0 spiro atoms. The van der Waals surface area contributed by atoms with E-state index >= 15 is 0 Å². The Morgan fingerprint density at radius 3 is 2.57 bits per heavy atom. The molecule has 2 nitrogen and oxygen atoms in total. The molecule has 0 aliphatic carbocycles. The molecule has 2 heterocycles. The summed E-state index contributed by atoms with van der Waals surface area (Å²) in [6.07, 6.45) is 0. The van der Waals surface area contributed by atoms with Crippen molar-refractivity contribution < 1.29 is 0 Å². The monoisotopic (exact) mass is 372 g/mol. The van der Waals surface area contributed by atoms with Gasteiger partial charge in [-0.15, -0.1) is 33.1 Å². The van der Waals surface area contributed by atoms with E-state index in [1.165, 1.54) is 11.3 Å². The summed E-state index contributed by atoms with van der Waals surface area (Å²) in [6.45, 7) is 0. The van der Waals surface area contributed by atoms with E-state index in [9.17, 15) is 0 Å². The van der Waals surface area contributed by atoms with Crippen LogP contribution in [0.1, 0.15) is 5.01 Å². The van der Waals surface area contributed by atoms with Gasteiger partial charge in [0.25, 0.3) is 0 Å². The summed E-state index contributed by atoms with van der Waals surface area (Å²) in [4.78, 5) is 1.10. The highest BCUT2D eigenvalue weighted by molar-refractivity contribution is 9.13. The summed E-state index contributed by atoms with van der Waals surface area (Å²) in [5.74, 6) is 0.422. The van der Waals surface area contributed by atoms with E-state index in [0.29, 0.717) is 5.88 Å². The second-order valence-electron chi connectivity index (χ2n) is 2.37. The van der Waals surface area contributed by atoms with Gasteiger partial charge in [0.1, 0.15) is 5.01 Å². The first-order valence-electron chi connectivity index (χ1n) is 3.54. The highest BCUT2D eigenvalue weighted by Crippen LogP contribution is 2.39. The fraction of sp³-hybridized carbons (Fsp3) is 0.143. The third-order valence-electron chi connectivity index (χ3n) is 1.44. The maximum Gasteiger partial charge on any atom is 0.157 e. The molecule has 0 amide bonds. The lowest BCUT2D eigenvalue weighted by atomic mass is 10.5. The van der Waals surface area contributed by atoms with Crippen LogP contribution < -0.4 is 0 Å². The normalized spacial score (nSPS) is 10.8. The summed E-state index contributed by atoms with van der Waals surface area (Å²) in [5.41, 5.74) is 0. The molecule has 0 unspecified atom stereocenters. The molecule has 74 valence electrons. The molecule has 0 saturated heterocycles. The second kappa shape index (κ2) is 4.57. The first-order valence-corrected chi connectivity index (χ1v) is 7.29. The third-order valence-corrected chi connectivity index (χ3v) is 6.20. The molecule has 0 radical (unpaired) electrons. The van der Waals surface area contributed by atoms with Crippen LogP contribution in [0.4, 0.5) is 0 Å². The van der Waals surface area contributed by atoms with Crippen LogP contribution >= 0.6 is 66.1 Å². The summed E-state index contributed by atoms with van der Waals surface area (Å²) in [7, 11) is 0. The van der Waals surface area contributed by atoms with Crippen LogP contribution in [0.5, 0.6) is 0 Å². The Kier molecular flexibility index (Phi) is 3.59. The van der Waals surface area contributed by atoms with E-state index in [4.69, 9.17) is 11.6 Å². The number of rotatable bonds is 2. The van der Waals surface area contributed by atoms with Gasteiger partial charge in [-0.2, -0.15) is 0 Å². The summed E-state index contributed by atoms with van der Waals surface area (Å²) >= 11 is 15.7. The Hall–Kier alpha value is 0.510.